The van der Waals surface area contributed by atoms with Crippen LogP contribution in [0.2, 0.25) is 0 Å². The van der Waals surface area contributed by atoms with Gasteiger partial charge in [-0.2, -0.15) is 0 Å². The third kappa shape index (κ3) is 2.98. The van der Waals surface area contributed by atoms with Gasteiger partial charge in [0.1, 0.15) is 0 Å². The highest BCUT2D eigenvalue weighted by Gasteiger charge is 2.13. The summed E-state index contributed by atoms with van der Waals surface area (Å²) in [7, 11) is 0. The zero-order chi connectivity index (χ0) is 11.4. The van der Waals surface area contributed by atoms with Crippen LogP contribution in [0.15, 0.2) is 23.3 Å². The summed E-state index contributed by atoms with van der Waals surface area (Å²) in [6, 6.07) is 4.54. The molecule has 0 bridgehead atoms. The number of aliphatic imine (C=N–C) groups is 1. The lowest BCUT2D eigenvalue weighted by Crippen LogP contribution is -2.19. The molecule has 16 heavy (non-hydrogen) atoms. The normalized spacial score (nSPS) is 20.4. The van der Waals surface area contributed by atoms with Crippen molar-refractivity contribution in [2.75, 3.05) is 11.1 Å². The van der Waals surface area contributed by atoms with Crippen molar-refractivity contribution < 1.29 is 0 Å². The largest absolute Gasteiger partial charge is 0.334 e. The average Bonchev–Trinajstić information content (AvgIpc) is 2.32. The van der Waals surface area contributed by atoms with Crippen LogP contribution in [0.3, 0.4) is 0 Å². The number of aryl methyl sites for hydroxylation is 1. The highest BCUT2D eigenvalue weighted by Crippen LogP contribution is 2.20. The van der Waals surface area contributed by atoms with Crippen LogP contribution >= 0.6 is 11.8 Å². The van der Waals surface area contributed by atoms with Crippen LogP contribution in [0.25, 0.3) is 0 Å². The molecule has 0 saturated heterocycles. The van der Waals surface area contributed by atoms with E-state index in [9.17, 15) is 0 Å². The maximum absolute atomic E-state index is 4.66. The molecule has 0 aliphatic carbocycles. The number of hydrogen-bond acceptors (Lipinski definition) is 4. The molecule has 0 saturated carbocycles. The molecule has 0 aromatic carbocycles. The van der Waals surface area contributed by atoms with E-state index in [1.54, 1.807) is 11.8 Å². The lowest BCUT2D eigenvalue weighted by Gasteiger charge is -2.19. The molecule has 0 radical (unpaired) electrons. The van der Waals surface area contributed by atoms with Gasteiger partial charge in [-0.05, 0) is 31.9 Å². The van der Waals surface area contributed by atoms with Gasteiger partial charge in [-0.1, -0.05) is 18.7 Å². The van der Waals surface area contributed by atoms with Gasteiger partial charge >= 0.3 is 0 Å². The summed E-state index contributed by atoms with van der Waals surface area (Å²) in [6.07, 6.45) is 4.17. The summed E-state index contributed by atoms with van der Waals surface area (Å²) >= 11 is 1.79. The standard InChI is InChI=1S/C12H17N3S/c1-3-10-6-7-16-12(14-10)15-11-5-4-9(2)13-8-11/h4-5,8,10H,3,6-7H2,1-2H3,(H,14,15). The summed E-state index contributed by atoms with van der Waals surface area (Å²) in [4.78, 5) is 8.92. The number of nitrogens with one attached hydrogen (secondary N) is 1. The van der Waals surface area contributed by atoms with E-state index in [0.29, 0.717) is 6.04 Å². The highest BCUT2D eigenvalue weighted by atomic mass is 32.2. The summed E-state index contributed by atoms with van der Waals surface area (Å²) in [6.45, 7) is 4.18. The Morgan fingerprint density at radius 1 is 1.50 bits per heavy atom. The molecular weight excluding hydrogens is 218 g/mol. The number of rotatable bonds is 2. The van der Waals surface area contributed by atoms with Crippen LogP contribution in [0.1, 0.15) is 25.5 Å². The predicted octanol–water partition coefficient (Wildman–Crippen LogP) is 3.07. The average molecular weight is 235 g/mol. The zero-order valence-corrected chi connectivity index (χ0v) is 10.5. The summed E-state index contributed by atoms with van der Waals surface area (Å²) < 4.78 is 0. The van der Waals surface area contributed by atoms with Gasteiger partial charge in [0, 0.05) is 11.4 Å². The molecule has 1 aliphatic heterocycles. The van der Waals surface area contributed by atoms with Gasteiger partial charge in [0.2, 0.25) is 0 Å². The van der Waals surface area contributed by atoms with Crippen molar-refractivity contribution in [3.05, 3.63) is 24.0 Å². The van der Waals surface area contributed by atoms with Crippen LogP contribution in [-0.2, 0) is 0 Å². The van der Waals surface area contributed by atoms with Crippen molar-refractivity contribution >= 4 is 22.6 Å². The first-order valence-electron chi connectivity index (χ1n) is 5.68. The first-order chi connectivity index (χ1) is 7.78. The van der Waals surface area contributed by atoms with E-state index < -0.39 is 0 Å². The molecule has 2 rings (SSSR count). The van der Waals surface area contributed by atoms with Crippen LogP contribution in [0, 0.1) is 6.92 Å². The van der Waals surface area contributed by atoms with Gasteiger partial charge < -0.3 is 5.32 Å². The van der Waals surface area contributed by atoms with E-state index in [2.05, 4.69) is 22.2 Å². The minimum atomic E-state index is 0.488. The van der Waals surface area contributed by atoms with E-state index in [-0.39, 0.29) is 0 Å². The third-order valence-corrected chi connectivity index (χ3v) is 3.54. The second-order valence-corrected chi connectivity index (χ2v) is 5.03. The lowest BCUT2D eigenvalue weighted by molar-refractivity contribution is 0.634. The molecule has 0 amide bonds. The molecule has 2 heterocycles. The Balaban J connectivity index is 2.03. The number of pyridine rings is 1. The molecule has 4 heteroatoms. The number of aromatic nitrogens is 1. The fourth-order valence-electron chi connectivity index (χ4n) is 1.59. The molecule has 1 unspecified atom stereocenters. The maximum Gasteiger partial charge on any atom is 0.161 e. The Hall–Kier alpha value is -1.03. The number of hydrogen-bond donors (Lipinski definition) is 1. The van der Waals surface area contributed by atoms with E-state index in [4.69, 9.17) is 0 Å². The predicted molar refractivity (Wildman–Crippen MR) is 71.2 cm³/mol. The number of amidine groups is 1. The summed E-state index contributed by atoms with van der Waals surface area (Å²) in [5, 5.41) is 4.35. The highest BCUT2D eigenvalue weighted by molar-refractivity contribution is 8.14. The molecule has 1 aromatic heterocycles. The van der Waals surface area contributed by atoms with Crippen molar-refractivity contribution in [3.63, 3.8) is 0 Å². The quantitative estimate of drug-likeness (QED) is 0.856. The molecule has 0 spiro atoms. The Bertz CT molecular complexity index is 372. The van der Waals surface area contributed by atoms with Crippen LogP contribution in [0.5, 0.6) is 0 Å². The summed E-state index contributed by atoms with van der Waals surface area (Å²) in [5.74, 6) is 1.16. The first-order valence-corrected chi connectivity index (χ1v) is 6.66. The van der Waals surface area contributed by atoms with Crippen LogP contribution in [-0.4, -0.2) is 21.9 Å². The minimum Gasteiger partial charge on any atom is -0.334 e. The summed E-state index contributed by atoms with van der Waals surface area (Å²) in [5.41, 5.74) is 2.06. The van der Waals surface area contributed by atoms with E-state index in [1.165, 1.54) is 6.42 Å². The number of thioether (sulfide) groups is 1. The zero-order valence-electron chi connectivity index (χ0n) is 9.73. The molecular formula is C12H17N3S. The third-order valence-electron chi connectivity index (χ3n) is 2.62. The van der Waals surface area contributed by atoms with E-state index >= 15 is 0 Å². The van der Waals surface area contributed by atoms with Crippen molar-refractivity contribution in [1.82, 2.24) is 4.98 Å². The van der Waals surface area contributed by atoms with Crippen molar-refractivity contribution in [2.24, 2.45) is 4.99 Å². The van der Waals surface area contributed by atoms with Crippen molar-refractivity contribution in [2.45, 2.75) is 32.7 Å². The van der Waals surface area contributed by atoms with E-state index in [1.807, 2.05) is 25.3 Å². The Labute approximate surface area is 101 Å². The fourth-order valence-corrected chi connectivity index (χ4v) is 2.59. The van der Waals surface area contributed by atoms with Gasteiger partial charge in [0.15, 0.2) is 5.17 Å². The molecule has 1 atom stereocenters. The van der Waals surface area contributed by atoms with Gasteiger partial charge in [0.05, 0.1) is 17.9 Å². The lowest BCUT2D eigenvalue weighted by atomic mass is 10.2. The van der Waals surface area contributed by atoms with E-state index in [0.717, 1.165) is 28.7 Å². The second kappa shape index (κ2) is 5.34. The topological polar surface area (TPSA) is 37.3 Å². The minimum absolute atomic E-state index is 0.488. The number of anilines is 1. The molecule has 1 N–H and O–H groups in total. The monoisotopic (exact) mass is 235 g/mol. The Morgan fingerprint density at radius 3 is 3.06 bits per heavy atom. The molecule has 0 fully saturated rings. The van der Waals surface area contributed by atoms with Gasteiger partial charge in [0.25, 0.3) is 0 Å². The maximum atomic E-state index is 4.66. The van der Waals surface area contributed by atoms with Gasteiger partial charge in [-0.3, -0.25) is 9.98 Å². The first kappa shape index (κ1) is 11.5. The SMILES string of the molecule is CCC1CCSC(Nc2ccc(C)nc2)=N1. The second-order valence-electron chi connectivity index (χ2n) is 3.95. The van der Waals surface area contributed by atoms with Crippen molar-refractivity contribution in [1.29, 1.82) is 0 Å². The molecule has 86 valence electrons. The van der Waals surface area contributed by atoms with Crippen molar-refractivity contribution in [3.8, 4) is 0 Å². The van der Waals surface area contributed by atoms with Crippen LogP contribution < -0.4 is 5.32 Å². The van der Waals surface area contributed by atoms with Crippen LogP contribution in [0.4, 0.5) is 5.69 Å². The smallest absolute Gasteiger partial charge is 0.161 e. The Morgan fingerprint density at radius 2 is 2.38 bits per heavy atom. The van der Waals surface area contributed by atoms with Gasteiger partial charge in [-0.25, -0.2) is 0 Å². The molecule has 1 aromatic rings. The Kier molecular flexibility index (Phi) is 3.83. The fraction of sp³-hybridized carbons (Fsp3) is 0.500. The van der Waals surface area contributed by atoms with Gasteiger partial charge in [-0.15, -0.1) is 0 Å². The molecule has 3 nitrogen and oxygen atoms in total. The number of nitrogens with zero attached hydrogens (tertiary/aromatic N) is 2. The molecule has 1 aliphatic rings.